The van der Waals surface area contributed by atoms with E-state index in [2.05, 4.69) is 18.7 Å². The fourth-order valence-electron chi connectivity index (χ4n) is 2.08. The molecular weight excluding hydrogens is 166 g/mol. The Morgan fingerprint density at radius 3 is 2.31 bits per heavy atom. The number of likely N-dealkylation sites (tertiary alicyclic amines) is 1. The van der Waals surface area contributed by atoms with Gasteiger partial charge in [0, 0.05) is 33.4 Å². The summed E-state index contributed by atoms with van der Waals surface area (Å²) in [6.07, 6.45) is 1.22. The van der Waals surface area contributed by atoms with E-state index in [0.717, 1.165) is 12.5 Å². The number of rotatable bonds is 4. The molecule has 1 aliphatic heterocycles. The molecule has 0 aromatic rings. The van der Waals surface area contributed by atoms with Crippen LogP contribution < -0.4 is 0 Å². The van der Waals surface area contributed by atoms with Gasteiger partial charge >= 0.3 is 0 Å². The van der Waals surface area contributed by atoms with Crippen LogP contribution in [0.2, 0.25) is 0 Å². The molecule has 1 heterocycles. The Morgan fingerprint density at radius 2 is 1.92 bits per heavy atom. The van der Waals surface area contributed by atoms with Crippen molar-refractivity contribution in [2.45, 2.75) is 32.6 Å². The third-order valence-corrected chi connectivity index (χ3v) is 2.82. The standard InChI is InChI=1S/C10H21NO2/c1-8-5-9(2)11(6-8)7-10(12-3)13-4/h8-10H,5-7H2,1-4H3. The van der Waals surface area contributed by atoms with Crippen LogP contribution in [-0.4, -0.2) is 44.5 Å². The van der Waals surface area contributed by atoms with Gasteiger partial charge in [0.15, 0.2) is 6.29 Å². The summed E-state index contributed by atoms with van der Waals surface area (Å²) in [7, 11) is 3.39. The fraction of sp³-hybridized carbons (Fsp3) is 1.00. The summed E-state index contributed by atoms with van der Waals surface area (Å²) in [6.45, 7) is 6.62. The second kappa shape index (κ2) is 4.94. The molecule has 3 heteroatoms. The van der Waals surface area contributed by atoms with Crippen LogP contribution >= 0.6 is 0 Å². The van der Waals surface area contributed by atoms with Crippen molar-refractivity contribution in [3.63, 3.8) is 0 Å². The lowest BCUT2D eigenvalue weighted by Gasteiger charge is -2.25. The van der Waals surface area contributed by atoms with Gasteiger partial charge in [-0.05, 0) is 19.3 Å². The summed E-state index contributed by atoms with van der Waals surface area (Å²) in [4.78, 5) is 2.43. The average Bonchev–Trinajstić information content (AvgIpc) is 2.41. The van der Waals surface area contributed by atoms with Gasteiger partial charge in [0.05, 0.1) is 0 Å². The van der Waals surface area contributed by atoms with Gasteiger partial charge in [-0.3, -0.25) is 4.90 Å². The zero-order valence-corrected chi connectivity index (χ0v) is 9.12. The van der Waals surface area contributed by atoms with Crippen molar-refractivity contribution in [3.8, 4) is 0 Å². The molecule has 1 fully saturated rings. The van der Waals surface area contributed by atoms with Gasteiger partial charge in [0.1, 0.15) is 0 Å². The monoisotopic (exact) mass is 187 g/mol. The van der Waals surface area contributed by atoms with E-state index in [1.165, 1.54) is 13.0 Å². The summed E-state index contributed by atoms with van der Waals surface area (Å²) in [6, 6.07) is 0.669. The van der Waals surface area contributed by atoms with Gasteiger partial charge in [-0.25, -0.2) is 0 Å². The lowest BCUT2D eigenvalue weighted by molar-refractivity contribution is -0.117. The van der Waals surface area contributed by atoms with Crippen molar-refractivity contribution in [1.82, 2.24) is 4.90 Å². The second-order valence-corrected chi connectivity index (χ2v) is 4.04. The molecule has 0 aromatic heterocycles. The summed E-state index contributed by atoms with van der Waals surface area (Å²) in [5, 5.41) is 0. The Kier molecular flexibility index (Phi) is 4.16. The Morgan fingerprint density at radius 1 is 1.31 bits per heavy atom. The number of hydrogen-bond donors (Lipinski definition) is 0. The number of hydrogen-bond acceptors (Lipinski definition) is 3. The molecular formula is C10H21NO2. The Bertz CT molecular complexity index is 148. The highest BCUT2D eigenvalue weighted by Crippen LogP contribution is 2.22. The first-order chi connectivity index (χ1) is 6.17. The maximum atomic E-state index is 5.18. The van der Waals surface area contributed by atoms with Crippen LogP contribution in [0, 0.1) is 5.92 Å². The molecule has 0 spiro atoms. The van der Waals surface area contributed by atoms with Gasteiger partial charge in [0.25, 0.3) is 0 Å². The van der Waals surface area contributed by atoms with Crippen LogP contribution in [0.1, 0.15) is 20.3 Å². The molecule has 13 heavy (non-hydrogen) atoms. The molecule has 78 valence electrons. The summed E-state index contributed by atoms with van der Waals surface area (Å²) in [5.74, 6) is 0.810. The van der Waals surface area contributed by atoms with Crippen molar-refractivity contribution in [3.05, 3.63) is 0 Å². The highest BCUT2D eigenvalue weighted by Gasteiger charge is 2.27. The highest BCUT2D eigenvalue weighted by molar-refractivity contribution is 4.80. The van der Waals surface area contributed by atoms with E-state index in [-0.39, 0.29) is 6.29 Å². The molecule has 0 bridgehead atoms. The average molecular weight is 187 g/mol. The lowest BCUT2D eigenvalue weighted by Crippen LogP contribution is -2.36. The van der Waals surface area contributed by atoms with E-state index in [4.69, 9.17) is 9.47 Å². The van der Waals surface area contributed by atoms with Crippen LogP contribution in [0.3, 0.4) is 0 Å². The molecule has 3 nitrogen and oxygen atoms in total. The number of methoxy groups -OCH3 is 2. The SMILES string of the molecule is COC(CN1CC(C)CC1C)OC. The van der Waals surface area contributed by atoms with Crippen LogP contribution in [0.25, 0.3) is 0 Å². The van der Waals surface area contributed by atoms with Crippen molar-refractivity contribution in [2.24, 2.45) is 5.92 Å². The first-order valence-corrected chi connectivity index (χ1v) is 4.97. The van der Waals surface area contributed by atoms with E-state index < -0.39 is 0 Å². The summed E-state index contributed by atoms with van der Waals surface area (Å²) >= 11 is 0. The maximum Gasteiger partial charge on any atom is 0.169 e. The lowest BCUT2D eigenvalue weighted by atomic mass is 10.1. The first kappa shape index (κ1) is 11.0. The largest absolute Gasteiger partial charge is 0.355 e. The number of ether oxygens (including phenoxy) is 2. The van der Waals surface area contributed by atoms with Crippen LogP contribution in [0.4, 0.5) is 0 Å². The van der Waals surface area contributed by atoms with E-state index in [1.54, 1.807) is 14.2 Å². The second-order valence-electron chi connectivity index (χ2n) is 4.04. The molecule has 0 N–H and O–H groups in total. The Hall–Kier alpha value is -0.120. The topological polar surface area (TPSA) is 21.7 Å². The highest BCUT2D eigenvalue weighted by atomic mass is 16.7. The minimum atomic E-state index is -0.0762. The predicted molar refractivity (Wildman–Crippen MR) is 52.6 cm³/mol. The minimum Gasteiger partial charge on any atom is -0.355 e. The third-order valence-electron chi connectivity index (χ3n) is 2.82. The van der Waals surface area contributed by atoms with Crippen molar-refractivity contribution >= 4 is 0 Å². The van der Waals surface area contributed by atoms with Gasteiger partial charge in [0.2, 0.25) is 0 Å². The summed E-state index contributed by atoms with van der Waals surface area (Å²) < 4.78 is 10.4. The first-order valence-electron chi connectivity index (χ1n) is 4.97. The molecule has 2 unspecified atom stereocenters. The zero-order valence-electron chi connectivity index (χ0n) is 9.12. The van der Waals surface area contributed by atoms with E-state index in [0.29, 0.717) is 6.04 Å². The molecule has 0 aliphatic carbocycles. The summed E-state index contributed by atoms with van der Waals surface area (Å²) in [5.41, 5.74) is 0. The van der Waals surface area contributed by atoms with Crippen LogP contribution in [0.15, 0.2) is 0 Å². The number of nitrogens with zero attached hydrogens (tertiary/aromatic N) is 1. The zero-order chi connectivity index (χ0) is 9.84. The van der Waals surface area contributed by atoms with Crippen molar-refractivity contribution < 1.29 is 9.47 Å². The fourth-order valence-corrected chi connectivity index (χ4v) is 2.08. The third kappa shape index (κ3) is 2.93. The van der Waals surface area contributed by atoms with Gasteiger partial charge in [-0.1, -0.05) is 6.92 Å². The molecule has 0 aromatic carbocycles. The molecule has 1 saturated heterocycles. The molecule has 2 atom stereocenters. The van der Waals surface area contributed by atoms with Gasteiger partial charge in [-0.2, -0.15) is 0 Å². The van der Waals surface area contributed by atoms with Crippen LogP contribution in [0.5, 0.6) is 0 Å². The molecule has 1 aliphatic rings. The van der Waals surface area contributed by atoms with E-state index >= 15 is 0 Å². The smallest absolute Gasteiger partial charge is 0.169 e. The van der Waals surface area contributed by atoms with Crippen molar-refractivity contribution in [2.75, 3.05) is 27.3 Å². The van der Waals surface area contributed by atoms with Gasteiger partial charge in [-0.15, -0.1) is 0 Å². The predicted octanol–water partition coefficient (Wildman–Crippen LogP) is 1.34. The molecule has 0 saturated carbocycles. The quantitative estimate of drug-likeness (QED) is 0.620. The van der Waals surface area contributed by atoms with E-state index in [9.17, 15) is 0 Å². The maximum absolute atomic E-state index is 5.18. The normalized spacial score (nSPS) is 30.2. The van der Waals surface area contributed by atoms with E-state index in [1.807, 2.05) is 0 Å². The Balaban J connectivity index is 2.35. The molecule has 1 rings (SSSR count). The minimum absolute atomic E-state index is 0.0762. The van der Waals surface area contributed by atoms with Crippen LogP contribution in [-0.2, 0) is 9.47 Å². The Labute approximate surface area is 81.0 Å². The van der Waals surface area contributed by atoms with Crippen molar-refractivity contribution in [1.29, 1.82) is 0 Å². The molecule has 0 amide bonds. The molecule has 0 radical (unpaired) electrons. The van der Waals surface area contributed by atoms with Gasteiger partial charge < -0.3 is 9.47 Å².